The standard InChI is InChI=1S/C18H15N3O4/c22-14-8-16-11(2-1-5-23-16)6-13(14)18-20-19-9-21(18)12-3-4-15-17(7-12)25-10-24-15/h3-4,6-9,22H,1-2,5,10H2. The molecule has 0 unspecified atom stereocenters. The summed E-state index contributed by atoms with van der Waals surface area (Å²) in [4.78, 5) is 0. The van der Waals surface area contributed by atoms with Crippen LogP contribution in [0.25, 0.3) is 17.1 Å². The molecule has 0 radical (unpaired) electrons. The fourth-order valence-corrected chi connectivity index (χ4v) is 3.21. The van der Waals surface area contributed by atoms with Gasteiger partial charge >= 0.3 is 0 Å². The molecule has 7 nitrogen and oxygen atoms in total. The first kappa shape index (κ1) is 14.2. The summed E-state index contributed by atoms with van der Waals surface area (Å²) in [6, 6.07) is 9.20. The number of benzene rings is 2. The van der Waals surface area contributed by atoms with Crippen molar-refractivity contribution in [3.63, 3.8) is 0 Å². The van der Waals surface area contributed by atoms with Crippen molar-refractivity contribution in [1.29, 1.82) is 0 Å². The van der Waals surface area contributed by atoms with Crippen LogP contribution in [-0.4, -0.2) is 33.3 Å². The van der Waals surface area contributed by atoms with E-state index < -0.39 is 0 Å². The van der Waals surface area contributed by atoms with Gasteiger partial charge in [0.05, 0.1) is 17.9 Å². The molecule has 5 rings (SSSR count). The molecule has 0 fully saturated rings. The molecule has 0 spiro atoms. The highest BCUT2D eigenvalue weighted by Crippen LogP contribution is 2.38. The van der Waals surface area contributed by atoms with E-state index in [0.717, 1.165) is 29.8 Å². The van der Waals surface area contributed by atoms with Gasteiger partial charge in [-0.05, 0) is 36.6 Å². The number of nitrogens with zero attached hydrogens (tertiary/aromatic N) is 3. The average molecular weight is 337 g/mol. The number of phenols is 1. The minimum atomic E-state index is 0.121. The van der Waals surface area contributed by atoms with Crippen molar-refractivity contribution in [3.05, 3.63) is 42.2 Å². The van der Waals surface area contributed by atoms with Gasteiger partial charge in [0.25, 0.3) is 0 Å². The van der Waals surface area contributed by atoms with Crippen LogP contribution in [-0.2, 0) is 6.42 Å². The van der Waals surface area contributed by atoms with Gasteiger partial charge in [0.1, 0.15) is 17.8 Å². The summed E-state index contributed by atoms with van der Waals surface area (Å²) in [6.07, 6.45) is 3.50. The quantitative estimate of drug-likeness (QED) is 0.774. The predicted octanol–water partition coefficient (Wildman–Crippen LogP) is 2.69. The van der Waals surface area contributed by atoms with E-state index in [1.165, 1.54) is 0 Å². The molecule has 7 heteroatoms. The van der Waals surface area contributed by atoms with Crippen LogP contribution in [0, 0.1) is 0 Å². The molecule has 2 aliphatic rings. The van der Waals surface area contributed by atoms with Crippen molar-refractivity contribution in [3.8, 4) is 40.1 Å². The normalized spacial score (nSPS) is 14.9. The first-order chi connectivity index (χ1) is 12.3. The second kappa shape index (κ2) is 5.41. The average Bonchev–Trinajstić information content (AvgIpc) is 3.29. The Hall–Kier alpha value is -3.22. The molecule has 1 aromatic heterocycles. The summed E-state index contributed by atoms with van der Waals surface area (Å²) in [5, 5.41) is 18.7. The highest BCUT2D eigenvalue weighted by atomic mass is 16.7. The zero-order chi connectivity index (χ0) is 16.8. The van der Waals surface area contributed by atoms with Crippen LogP contribution in [0.2, 0.25) is 0 Å². The molecule has 0 atom stereocenters. The molecular formula is C18H15N3O4. The van der Waals surface area contributed by atoms with E-state index >= 15 is 0 Å². The Bertz CT molecular complexity index is 967. The van der Waals surface area contributed by atoms with Gasteiger partial charge in [-0.2, -0.15) is 0 Å². The third-order valence-electron chi connectivity index (χ3n) is 4.45. The molecule has 1 N–H and O–H groups in total. The Morgan fingerprint density at radius 1 is 1.00 bits per heavy atom. The third-order valence-corrected chi connectivity index (χ3v) is 4.45. The summed E-state index contributed by atoms with van der Waals surface area (Å²) in [5.74, 6) is 2.81. The number of rotatable bonds is 2. The van der Waals surface area contributed by atoms with Crippen LogP contribution in [0.1, 0.15) is 12.0 Å². The van der Waals surface area contributed by atoms with E-state index in [4.69, 9.17) is 14.2 Å². The predicted molar refractivity (Wildman–Crippen MR) is 88.4 cm³/mol. The number of phenolic OH excluding ortho intramolecular Hbond substituents is 1. The third kappa shape index (κ3) is 2.27. The maximum absolute atomic E-state index is 10.5. The SMILES string of the molecule is Oc1cc2c(cc1-c1nncn1-c1ccc3c(c1)OCO3)CCCO2. The van der Waals surface area contributed by atoms with Gasteiger partial charge < -0.3 is 19.3 Å². The van der Waals surface area contributed by atoms with E-state index in [2.05, 4.69) is 10.2 Å². The highest BCUT2D eigenvalue weighted by Gasteiger charge is 2.20. The van der Waals surface area contributed by atoms with Crippen molar-refractivity contribution < 1.29 is 19.3 Å². The van der Waals surface area contributed by atoms with Crippen LogP contribution in [0.15, 0.2) is 36.7 Å². The van der Waals surface area contributed by atoms with Gasteiger partial charge in [-0.25, -0.2) is 0 Å². The van der Waals surface area contributed by atoms with Crippen molar-refractivity contribution in [2.75, 3.05) is 13.4 Å². The molecule has 0 saturated carbocycles. The molecule has 0 bridgehead atoms. The topological polar surface area (TPSA) is 78.6 Å². The summed E-state index contributed by atoms with van der Waals surface area (Å²) in [6.45, 7) is 0.901. The Balaban J connectivity index is 1.62. The van der Waals surface area contributed by atoms with Gasteiger partial charge in [-0.15, -0.1) is 10.2 Å². The van der Waals surface area contributed by atoms with E-state index in [-0.39, 0.29) is 12.5 Å². The number of aromatic hydroxyl groups is 1. The lowest BCUT2D eigenvalue weighted by Gasteiger charge is -2.19. The van der Waals surface area contributed by atoms with Crippen LogP contribution < -0.4 is 14.2 Å². The van der Waals surface area contributed by atoms with Crippen LogP contribution in [0.3, 0.4) is 0 Å². The first-order valence-electron chi connectivity index (χ1n) is 8.09. The monoisotopic (exact) mass is 337 g/mol. The number of hydrogen-bond acceptors (Lipinski definition) is 6. The number of aromatic nitrogens is 3. The lowest BCUT2D eigenvalue weighted by Crippen LogP contribution is -2.08. The maximum Gasteiger partial charge on any atom is 0.231 e. The zero-order valence-electron chi connectivity index (χ0n) is 13.3. The molecule has 126 valence electrons. The smallest absolute Gasteiger partial charge is 0.231 e. The van der Waals surface area contributed by atoms with Crippen molar-refractivity contribution in [1.82, 2.24) is 14.8 Å². The summed E-state index contributed by atoms with van der Waals surface area (Å²) < 4.78 is 18.2. The summed E-state index contributed by atoms with van der Waals surface area (Å²) in [7, 11) is 0. The lowest BCUT2D eigenvalue weighted by molar-refractivity contribution is 0.174. The second-order valence-electron chi connectivity index (χ2n) is 5.99. The minimum absolute atomic E-state index is 0.121. The number of hydrogen-bond donors (Lipinski definition) is 1. The van der Waals surface area contributed by atoms with Gasteiger partial charge in [0.2, 0.25) is 6.79 Å². The summed E-state index contributed by atoms with van der Waals surface area (Å²) >= 11 is 0. The van der Waals surface area contributed by atoms with E-state index in [1.807, 2.05) is 28.8 Å². The Kier molecular flexibility index (Phi) is 3.06. The van der Waals surface area contributed by atoms with Gasteiger partial charge in [-0.3, -0.25) is 4.57 Å². The second-order valence-corrected chi connectivity index (χ2v) is 5.99. The molecule has 0 amide bonds. The van der Waals surface area contributed by atoms with Gasteiger partial charge in [0, 0.05) is 12.1 Å². The van der Waals surface area contributed by atoms with Crippen LogP contribution in [0.4, 0.5) is 0 Å². The van der Waals surface area contributed by atoms with Crippen LogP contribution >= 0.6 is 0 Å². The largest absolute Gasteiger partial charge is 0.507 e. The molecule has 2 aliphatic heterocycles. The fourth-order valence-electron chi connectivity index (χ4n) is 3.21. The van der Waals surface area contributed by atoms with E-state index in [1.54, 1.807) is 12.4 Å². The van der Waals surface area contributed by atoms with Gasteiger partial charge in [-0.1, -0.05) is 0 Å². The van der Waals surface area contributed by atoms with E-state index in [9.17, 15) is 5.11 Å². The number of aryl methyl sites for hydroxylation is 1. The molecule has 3 heterocycles. The molecule has 0 aliphatic carbocycles. The maximum atomic E-state index is 10.5. The van der Waals surface area contributed by atoms with E-state index in [0.29, 0.717) is 29.5 Å². The molecule has 3 aromatic rings. The lowest BCUT2D eigenvalue weighted by atomic mass is 10.0. The fraction of sp³-hybridized carbons (Fsp3) is 0.222. The number of ether oxygens (including phenoxy) is 3. The zero-order valence-corrected chi connectivity index (χ0v) is 13.3. The van der Waals surface area contributed by atoms with Crippen molar-refractivity contribution in [2.24, 2.45) is 0 Å². The molecule has 25 heavy (non-hydrogen) atoms. The highest BCUT2D eigenvalue weighted by molar-refractivity contribution is 5.69. The van der Waals surface area contributed by atoms with Crippen molar-refractivity contribution >= 4 is 0 Å². The minimum Gasteiger partial charge on any atom is -0.507 e. The molecular weight excluding hydrogens is 322 g/mol. The number of fused-ring (bicyclic) bond motifs is 2. The van der Waals surface area contributed by atoms with Crippen LogP contribution in [0.5, 0.6) is 23.0 Å². The van der Waals surface area contributed by atoms with Gasteiger partial charge in [0.15, 0.2) is 17.3 Å². The molecule has 2 aromatic carbocycles. The Morgan fingerprint density at radius 3 is 2.88 bits per heavy atom. The Labute approximate surface area is 143 Å². The van der Waals surface area contributed by atoms with Crippen molar-refractivity contribution in [2.45, 2.75) is 12.8 Å². The first-order valence-corrected chi connectivity index (χ1v) is 8.09. The Morgan fingerprint density at radius 2 is 1.92 bits per heavy atom. The molecule has 0 saturated heterocycles. The summed E-state index contributed by atoms with van der Waals surface area (Å²) in [5.41, 5.74) is 2.52.